The molecule has 0 saturated carbocycles. The van der Waals surface area contributed by atoms with E-state index in [1.165, 1.54) is 26.2 Å². The number of likely N-dealkylation sites (tertiary alicyclic amines) is 1. The second-order valence-electron chi connectivity index (χ2n) is 10.9. The fourth-order valence-electron chi connectivity index (χ4n) is 5.50. The summed E-state index contributed by atoms with van der Waals surface area (Å²) in [6.07, 6.45) is 1.38. The Labute approximate surface area is 265 Å². The van der Waals surface area contributed by atoms with Crippen molar-refractivity contribution in [2.75, 3.05) is 25.5 Å². The molecule has 0 aliphatic carbocycles. The number of aliphatic hydroxyl groups is 1. The Morgan fingerprint density at radius 1 is 1.09 bits per heavy atom. The highest BCUT2D eigenvalue weighted by atomic mass is 35.5. The second-order valence-corrected chi connectivity index (χ2v) is 11.3. The lowest BCUT2D eigenvalue weighted by Gasteiger charge is -2.36. The third-order valence-corrected chi connectivity index (χ3v) is 8.52. The van der Waals surface area contributed by atoms with E-state index in [9.17, 15) is 19.5 Å². The number of benzene rings is 2. The van der Waals surface area contributed by atoms with Crippen LogP contribution in [0.5, 0.6) is 5.88 Å². The molecule has 2 aromatic carbocycles. The van der Waals surface area contributed by atoms with E-state index in [4.69, 9.17) is 21.3 Å². The van der Waals surface area contributed by atoms with Crippen molar-refractivity contribution in [3.05, 3.63) is 92.9 Å². The number of aromatic nitrogens is 3. The third kappa shape index (κ3) is 6.75. The molecule has 234 valence electrons. The predicted molar refractivity (Wildman–Crippen MR) is 172 cm³/mol. The number of aliphatic hydroxyl groups excluding tert-OH is 1. The maximum absolute atomic E-state index is 12.9. The van der Waals surface area contributed by atoms with Crippen LogP contribution in [-0.2, 0) is 18.4 Å². The number of aryl methyl sites for hydroxylation is 1. The summed E-state index contributed by atoms with van der Waals surface area (Å²) >= 11 is 7.00. The summed E-state index contributed by atoms with van der Waals surface area (Å²) in [7, 11) is 3.04. The van der Waals surface area contributed by atoms with E-state index in [0.29, 0.717) is 53.9 Å². The van der Waals surface area contributed by atoms with Crippen LogP contribution >= 0.6 is 11.6 Å². The van der Waals surface area contributed by atoms with Gasteiger partial charge >= 0.3 is 0 Å². The highest BCUT2D eigenvalue weighted by Crippen LogP contribution is 2.39. The van der Waals surface area contributed by atoms with Gasteiger partial charge in [0.15, 0.2) is 0 Å². The number of hydrogen-bond donors (Lipinski definition) is 3. The number of nitrogens with zero attached hydrogens (tertiary/aromatic N) is 4. The first kappa shape index (κ1) is 31.8. The number of carbonyl (C=O) groups excluding carboxylic acids is 2. The molecule has 5 rings (SSSR count). The number of carbonyl (C=O) groups is 2. The quantitative estimate of drug-likeness (QED) is 0.267. The summed E-state index contributed by atoms with van der Waals surface area (Å²) in [4.78, 5) is 43.4. The zero-order chi connectivity index (χ0) is 32.2. The number of methoxy groups -OCH3 is 1. The van der Waals surface area contributed by atoms with Gasteiger partial charge in [0.25, 0.3) is 11.5 Å². The van der Waals surface area contributed by atoms with E-state index in [0.717, 1.165) is 26.9 Å². The molecule has 1 aliphatic rings. The number of β-amino-alcohol motifs (C(OH)–C–C–N with tert-alkyl or cyclic N) is 1. The number of ether oxygens (including phenoxy) is 1. The van der Waals surface area contributed by atoms with Crippen LogP contribution in [0.4, 0.5) is 5.69 Å². The lowest BCUT2D eigenvalue weighted by molar-refractivity contribution is -0.132. The summed E-state index contributed by atoms with van der Waals surface area (Å²) in [6.45, 7) is 4.70. The van der Waals surface area contributed by atoms with Gasteiger partial charge < -0.3 is 25.4 Å². The fourth-order valence-corrected chi connectivity index (χ4v) is 5.82. The molecule has 1 fully saturated rings. The van der Waals surface area contributed by atoms with Crippen LogP contribution in [0.3, 0.4) is 0 Å². The molecule has 2 amide bonds. The van der Waals surface area contributed by atoms with Crippen molar-refractivity contribution >= 4 is 29.1 Å². The minimum absolute atomic E-state index is 0.00875. The van der Waals surface area contributed by atoms with Crippen molar-refractivity contribution in [2.24, 2.45) is 7.05 Å². The largest absolute Gasteiger partial charge is 0.481 e. The van der Waals surface area contributed by atoms with Gasteiger partial charge in [-0.2, -0.15) is 5.10 Å². The standard InChI is InChI=1S/C33H35ClN6O5/c1-19-22(7-6-10-26(19)37-31(43)25-13-15-36-39(3)33(25)44)23-8-5-9-24(30(23)34)27-12-11-21(32(38-27)45-4)17-35-28-14-16-40(20(2)41)18-29(28)42/h5-13,15,28-29,35,42H,14,16-18H2,1-4H3,(H,37,43). The molecule has 45 heavy (non-hydrogen) atoms. The topological polar surface area (TPSA) is 139 Å². The first-order valence-corrected chi connectivity index (χ1v) is 14.9. The van der Waals surface area contributed by atoms with Gasteiger partial charge in [-0.05, 0) is 42.7 Å². The molecule has 0 radical (unpaired) electrons. The van der Waals surface area contributed by atoms with Gasteiger partial charge in [-0.1, -0.05) is 48.0 Å². The SMILES string of the molecule is COc1nc(-c2cccc(-c3cccc(NC(=O)c4ccnn(C)c4=O)c3C)c2Cl)ccc1CNC1CCN(C(C)=O)CC1O. The highest BCUT2D eigenvalue weighted by Gasteiger charge is 2.28. The smallest absolute Gasteiger partial charge is 0.279 e. The normalized spacial score (nSPS) is 16.4. The zero-order valence-corrected chi connectivity index (χ0v) is 26.3. The number of nitrogens with one attached hydrogen (secondary N) is 2. The minimum Gasteiger partial charge on any atom is -0.481 e. The molecule has 0 bridgehead atoms. The number of piperidine rings is 1. The summed E-state index contributed by atoms with van der Waals surface area (Å²) in [5.74, 6) is -0.138. The molecule has 3 N–H and O–H groups in total. The van der Waals surface area contributed by atoms with Crippen molar-refractivity contribution in [2.45, 2.75) is 39.0 Å². The van der Waals surface area contributed by atoms with Gasteiger partial charge in [0.1, 0.15) is 5.56 Å². The summed E-state index contributed by atoms with van der Waals surface area (Å²) < 4.78 is 6.74. The summed E-state index contributed by atoms with van der Waals surface area (Å²) in [5.41, 5.74) is 4.52. The van der Waals surface area contributed by atoms with Gasteiger partial charge in [0.2, 0.25) is 11.8 Å². The number of amides is 2. The summed E-state index contributed by atoms with van der Waals surface area (Å²) in [6, 6.07) is 16.2. The minimum atomic E-state index is -0.666. The van der Waals surface area contributed by atoms with Gasteiger partial charge in [0, 0.05) is 68.2 Å². The van der Waals surface area contributed by atoms with Gasteiger partial charge in [-0.3, -0.25) is 14.4 Å². The molecule has 11 nitrogen and oxygen atoms in total. The second kappa shape index (κ2) is 13.6. The molecule has 1 aliphatic heterocycles. The van der Waals surface area contributed by atoms with Crippen LogP contribution in [0.2, 0.25) is 5.02 Å². The van der Waals surface area contributed by atoms with Crippen molar-refractivity contribution in [1.29, 1.82) is 0 Å². The lowest BCUT2D eigenvalue weighted by Crippen LogP contribution is -2.53. The van der Waals surface area contributed by atoms with Crippen molar-refractivity contribution < 1.29 is 19.4 Å². The van der Waals surface area contributed by atoms with Gasteiger partial charge in [0.05, 0.1) is 23.9 Å². The van der Waals surface area contributed by atoms with E-state index in [-0.39, 0.29) is 17.5 Å². The predicted octanol–water partition coefficient (Wildman–Crippen LogP) is 3.80. The fraction of sp³-hybridized carbons (Fsp3) is 0.303. The molecular weight excluding hydrogens is 596 g/mol. The Hall–Kier alpha value is -4.58. The summed E-state index contributed by atoms with van der Waals surface area (Å²) in [5, 5.41) is 21.1. The zero-order valence-electron chi connectivity index (χ0n) is 25.5. The Bertz CT molecular complexity index is 1810. The Morgan fingerprint density at radius 2 is 1.82 bits per heavy atom. The molecule has 2 unspecified atom stereocenters. The molecule has 1 saturated heterocycles. The maximum atomic E-state index is 12.9. The Morgan fingerprint density at radius 3 is 2.56 bits per heavy atom. The third-order valence-electron chi connectivity index (χ3n) is 8.11. The van der Waals surface area contributed by atoms with E-state index in [1.807, 2.05) is 49.4 Å². The Kier molecular flexibility index (Phi) is 9.62. The molecule has 2 atom stereocenters. The van der Waals surface area contributed by atoms with Gasteiger partial charge in [-0.25, -0.2) is 9.67 Å². The lowest BCUT2D eigenvalue weighted by atomic mass is 9.96. The first-order valence-electron chi connectivity index (χ1n) is 14.5. The average Bonchev–Trinajstić information content (AvgIpc) is 3.03. The van der Waals surface area contributed by atoms with Gasteiger partial charge in [-0.15, -0.1) is 0 Å². The highest BCUT2D eigenvalue weighted by molar-refractivity contribution is 6.36. The van der Waals surface area contributed by atoms with Crippen LogP contribution in [0.25, 0.3) is 22.4 Å². The maximum Gasteiger partial charge on any atom is 0.279 e. The number of rotatable bonds is 8. The molecule has 12 heteroatoms. The number of halogens is 1. The molecular formula is C33H35ClN6O5. The monoisotopic (exact) mass is 630 g/mol. The van der Waals surface area contributed by atoms with Crippen molar-refractivity contribution in [1.82, 2.24) is 25.0 Å². The van der Waals surface area contributed by atoms with E-state index >= 15 is 0 Å². The molecule has 3 heterocycles. The number of pyridine rings is 1. The van der Waals surface area contributed by atoms with Crippen LogP contribution in [0.1, 0.15) is 34.8 Å². The molecule has 4 aromatic rings. The van der Waals surface area contributed by atoms with Crippen LogP contribution in [-0.4, -0.2) is 68.9 Å². The van der Waals surface area contributed by atoms with E-state index in [2.05, 4.69) is 15.7 Å². The van der Waals surface area contributed by atoms with E-state index in [1.54, 1.807) is 18.1 Å². The van der Waals surface area contributed by atoms with Crippen LogP contribution < -0.4 is 20.9 Å². The van der Waals surface area contributed by atoms with E-state index < -0.39 is 17.6 Å². The van der Waals surface area contributed by atoms with Crippen molar-refractivity contribution in [3.8, 4) is 28.3 Å². The molecule has 0 spiro atoms. The first-order chi connectivity index (χ1) is 21.6. The van der Waals surface area contributed by atoms with Crippen molar-refractivity contribution in [3.63, 3.8) is 0 Å². The number of hydrogen-bond acceptors (Lipinski definition) is 8. The average molecular weight is 631 g/mol. The van der Waals surface area contributed by atoms with Crippen LogP contribution in [0.15, 0.2) is 65.6 Å². The van der Waals surface area contributed by atoms with Crippen LogP contribution in [0, 0.1) is 6.92 Å². The number of anilines is 1. The Balaban J connectivity index is 1.37. The molecule has 2 aromatic heterocycles.